The van der Waals surface area contributed by atoms with Crippen LogP contribution in [0.15, 0.2) is 28.5 Å². The molecule has 0 atom stereocenters. The number of hydrogen-bond donors (Lipinski definition) is 0. The van der Waals surface area contributed by atoms with Crippen molar-refractivity contribution in [2.75, 3.05) is 0 Å². The quantitative estimate of drug-likeness (QED) is 0.447. The molecule has 1 aromatic heterocycles. The van der Waals surface area contributed by atoms with Crippen molar-refractivity contribution >= 4 is 35.7 Å². The van der Waals surface area contributed by atoms with Crippen molar-refractivity contribution in [3.8, 4) is 0 Å². The highest BCUT2D eigenvalue weighted by molar-refractivity contribution is 14.1. The van der Waals surface area contributed by atoms with Crippen molar-refractivity contribution < 1.29 is 8.63 Å². The zero-order valence-corrected chi connectivity index (χ0v) is 11.3. The average molecular weight is 349 g/mol. The molecule has 3 nitrogen and oxygen atoms in total. The van der Waals surface area contributed by atoms with Crippen LogP contribution in [0.5, 0.6) is 0 Å². The van der Waals surface area contributed by atoms with E-state index in [9.17, 15) is 8.63 Å². The van der Waals surface area contributed by atoms with Crippen LogP contribution in [0, 0.1) is 3.57 Å². The van der Waals surface area contributed by atoms with Crippen LogP contribution < -0.4 is 5.49 Å². The summed E-state index contributed by atoms with van der Waals surface area (Å²) in [5.41, 5.74) is 1.20. The molecule has 7 heteroatoms. The van der Waals surface area contributed by atoms with E-state index in [2.05, 4.69) is 10.2 Å². The molecule has 0 aromatic carbocycles. The predicted molar refractivity (Wildman–Crippen MR) is 72.0 cm³/mol. The van der Waals surface area contributed by atoms with Crippen LogP contribution in [0.25, 0.3) is 0 Å². The van der Waals surface area contributed by atoms with E-state index in [-0.39, 0.29) is 5.49 Å². The number of halogens is 3. The summed E-state index contributed by atoms with van der Waals surface area (Å²) in [6.45, 7) is 0. The van der Waals surface area contributed by atoms with Gasteiger partial charge in [0.2, 0.25) is 0 Å². The Hall–Kier alpha value is -0.725. The normalized spacial score (nSPS) is 16.4. The van der Waals surface area contributed by atoms with E-state index in [4.69, 9.17) is 0 Å². The molecule has 1 aromatic rings. The average Bonchev–Trinajstić information content (AvgIpc) is 2.80. The van der Waals surface area contributed by atoms with Gasteiger partial charge in [-0.05, 0) is 60.4 Å². The molecular weight excluding hydrogens is 338 g/mol. The third-order valence-electron chi connectivity index (χ3n) is 2.60. The SMILES string of the molecule is FB(F)n1cc(I)cc/c1=N/N=C1CCCC1. The highest BCUT2D eigenvalue weighted by atomic mass is 127. The molecule has 1 aliphatic rings. The number of aromatic nitrogens is 1. The van der Waals surface area contributed by atoms with Crippen molar-refractivity contribution in [2.45, 2.75) is 25.7 Å². The van der Waals surface area contributed by atoms with E-state index in [1.807, 2.05) is 22.6 Å². The Labute approximate surface area is 112 Å². The highest BCUT2D eigenvalue weighted by Crippen LogP contribution is 2.14. The lowest BCUT2D eigenvalue weighted by Crippen LogP contribution is -2.28. The summed E-state index contributed by atoms with van der Waals surface area (Å²) in [5.74, 6) is 0. The molecule has 2 rings (SSSR count). The largest absolute Gasteiger partial charge is 0.678 e. The Morgan fingerprint density at radius 2 is 1.88 bits per heavy atom. The van der Waals surface area contributed by atoms with Gasteiger partial charge < -0.3 is 4.48 Å². The first kappa shape index (κ1) is 12.7. The van der Waals surface area contributed by atoms with Gasteiger partial charge in [0, 0.05) is 15.5 Å². The lowest BCUT2D eigenvalue weighted by atomic mass is 10.2. The predicted octanol–water partition coefficient (Wildman–Crippen LogP) is 2.70. The fraction of sp³-hybridized carbons (Fsp3) is 0.400. The van der Waals surface area contributed by atoms with Crippen LogP contribution in [-0.2, 0) is 0 Å². The maximum atomic E-state index is 12.8. The van der Waals surface area contributed by atoms with Crippen LogP contribution >= 0.6 is 22.6 Å². The molecule has 0 amide bonds. The Morgan fingerprint density at radius 1 is 1.18 bits per heavy atom. The Morgan fingerprint density at radius 3 is 2.53 bits per heavy atom. The van der Waals surface area contributed by atoms with Gasteiger partial charge in [-0.25, -0.2) is 0 Å². The summed E-state index contributed by atoms with van der Waals surface area (Å²) in [6, 6.07) is 3.31. The molecule has 0 spiro atoms. The first-order valence-electron chi connectivity index (χ1n) is 5.42. The van der Waals surface area contributed by atoms with Crippen LogP contribution in [0.2, 0.25) is 0 Å². The van der Waals surface area contributed by atoms with Crippen molar-refractivity contribution in [1.29, 1.82) is 0 Å². The summed E-state index contributed by atoms with van der Waals surface area (Å²) in [6.07, 6.45) is 5.48. The zero-order chi connectivity index (χ0) is 12.3. The van der Waals surface area contributed by atoms with Gasteiger partial charge >= 0.3 is 7.40 Å². The van der Waals surface area contributed by atoms with E-state index in [1.54, 1.807) is 12.1 Å². The molecule has 1 fully saturated rings. The molecule has 1 aliphatic carbocycles. The molecule has 0 saturated heterocycles. The minimum atomic E-state index is -2.59. The van der Waals surface area contributed by atoms with Gasteiger partial charge in [0.1, 0.15) is 5.49 Å². The summed E-state index contributed by atoms with van der Waals surface area (Å²) >= 11 is 1.99. The minimum Gasteiger partial charge on any atom is -0.314 e. The summed E-state index contributed by atoms with van der Waals surface area (Å²) < 4.78 is 27.1. The van der Waals surface area contributed by atoms with Crippen LogP contribution in [-0.4, -0.2) is 17.6 Å². The summed E-state index contributed by atoms with van der Waals surface area (Å²) in [5, 5.41) is 7.97. The lowest BCUT2D eigenvalue weighted by molar-refractivity contribution is 0.618. The van der Waals surface area contributed by atoms with Gasteiger partial charge in [0.05, 0.1) is 0 Å². The lowest BCUT2D eigenvalue weighted by Gasteiger charge is -2.02. The molecule has 90 valence electrons. The van der Waals surface area contributed by atoms with Crippen molar-refractivity contribution in [1.82, 2.24) is 4.48 Å². The number of hydrogen-bond acceptors (Lipinski definition) is 2. The molecular formula is C10H11BF2IN3. The maximum absolute atomic E-state index is 12.8. The summed E-state index contributed by atoms with van der Waals surface area (Å²) in [7, 11) is -2.59. The second-order valence-electron chi connectivity index (χ2n) is 3.86. The molecule has 0 bridgehead atoms. The smallest absolute Gasteiger partial charge is 0.314 e. The number of nitrogens with zero attached hydrogens (tertiary/aromatic N) is 3. The first-order chi connectivity index (χ1) is 8.16. The molecule has 0 N–H and O–H groups in total. The minimum absolute atomic E-state index is 0.194. The fourth-order valence-corrected chi connectivity index (χ4v) is 2.21. The Balaban J connectivity index is 2.36. The molecule has 1 heterocycles. The fourth-order valence-electron chi connectivity index (χ4n) is 1.73. The van der Waals surface area contributed by atoms with Gasteiger partial charge in [0.25, 0.3) is 0 Å². The third-order valence-corrected chi connectivity index (χ3v) is 3.24. The van der Waals surface area contributed by atoms with Crippen molar-refractivity contribution in [3.05, 3.63) is 27.4 Å². The molecule has 0 aliphatic heterocycles. The van der Waals surface area contributed by atoms with Gasteiger partial charge in [-0.2, -0.15) is 5.10 Å². The van der Waals surface area contributed by atoms with Crippen molar-refractivity contribution in [3.63, 3.8) is 0 Å². The van der Waals surface area contributed by atoms with E-state index < -0.39 is 7.40 Å². The van der Waals surface area contributed by atoms with Crippen LogP contribution in [0.4, 0.5) is 8.63 Å². The Bertz CT molecular complexity index is 491. The number of rotatable bonds is 2. The summed E-state index contributed by atoms with van der Waals surface area (Å²) in [4.78, 5) is 0. The molecule has 0 radical (unpaired) electrons. The topological polar surface area (TPSA) is 29.6 Å². The van der Waals surface area contributed by atoms with E-state index in [1.165, 1.54) is 6.20 Å². The van der Waals surface area contributed by atoms with E-state index >= 15 is 0 Å². The number of pyridine rings is 1. The van der Waals surface area contributed by atoms with Gasteiger partial charge in [-0.15, -0.1) is 5.10 Å². The second kappa shape index (κ2) is 5.75. The van der Waals surface area contributed by atoms with E-state index in [0.29, 0.717) is 0 Å². The van der Waals surface area contributed by atoms with Crippen LogP contribution in [0.1, 0.15) is 25.7 Å². The standard InChI is InChI=1S/C10H11BF2IN3/c12-11(13)17-7-8(14)5-6-10(17)16-15-9-3-1-2-4-9/h5-7H,1-4H2/b16-10-. The Kier molecular flexibility index (Phi) is 4.30. The van der Waals surface area contributed by atoms with Gasteiger partial charge in [-0.3, -0.25) is 8.63 Å². The first-order valence-corrected chi connectivity index (χ1v) is 6.50. The third kappa shape index (κ3) is 3.37. The van der Waals surface area contributed by atoms with Gasteiger partial charge in [-0.1, -0.05) is 0 Å². The molecule has 1 saturated carbocycles. The van der Waals surface area contributed by atoms with Crippen molar-refractivity contribution in [2.24, 2.45) is 10.2 Å². The monoisotopic (exact) mass is 349 g/mol. The maximum Gasteiger partial charge on any atom is 0.678 e. The van der Waals surface area contributed by atoms with E-state index in [0.717, 1.165) is 39.4 Å². The highest BCUT2D eigenvalue weighted by Gasteiger charge is 2.17. The van der Waals surface area contributed by atoms with Crippen LogP contribution in [0.3, 0.4) is 0 Å². The molecule has 0 unspecified atom stereocenters. The second-order valence-corrected chi connectivity index (χ2v) is 5.11. The van der Waals surface area contributed by atoms with Gasteiger partial charge in [0.15, 0.2) is 0 Å². The molecule has 17 heavy (non-hydrogen) atoms. The zero-order valence-electron chi connectivity index (χ0n) is 9.11.